The van der Waals surface area contributed by atoms with Crippen LogP contribution in [0.1, 0.15) is 10.4 Å². The Kier molecular flexibility index (Phi) is 4.52. The van der Waals surface area contributed by atoms with Crippen molar-refractivity contribution in [2.45, 2.75) is 0 Å². The van der Waals surface area contributed by atoms with Crippen molar-refractivity contribution in [2.24, 2.45) is 0 Å². The number of aromatic hydroxyl groups is 1. The molecule has 2 aromatic carbocycles. The lowest BCUT2D eigenvalue weighted by Gasteiger charge is -2.11. The molecule has 0 saturated carbocycles. The van der Waals surface area contributed by atoms with E-state index in [1.54, 1.807) is 18.2 Å². The number of carbonyl (C=O) groups is 1. The van der Waals surface area contributed by atoms with Crippen LogP contribution >= 0.6 is 27.5 Å². The summed E-state index contributed by atoms with van der Waals surface area (Å²) < 4.78 is 5.97. The van der Waals surface area contributed by atoms with Gasteiger partial charge in [0.2, 0.25) is 0 Å². The average Bonchev–Trinajstić information content (AvgIpc) is 2.38. The molecule has 6 heteroatoms. The molecule has 2 N–H and O–H groups in total. The van der Waals surface area contributed by atoms with Gasteiger partial charge in [-0.25, -0.2) is 0 Å². The van der Waals surface area contributed by atoms with Gasteiger partial charge in [0.25, 0.3) is 5.91 Å². The van der Waals surface area contributed by atoms with Crippen LogP contribution in [0.5, 0.6) is 11.5 Å². The number of carbonyl (C=O) groups excluding carboxylic acids is 1. The number of hydrogen-bond acceptors (Lipinski definition) is 3. The highest BCUT2D eigenvalue weighted by Gasteiger charge is 2.14. The maximum absolute atomic E-state index is 12.1. The smallest absolute Gasteiger partial charge is 0.259 e. The lowest BCUT2D eigenvalue weighted by Crippen LogP contribution is -2.12. The van der Waals surface area contributed by atoms with Crippen molar-refractivity contribution >= 4 is 39.1 Å². The summed E-state index contributed by atoms with van der Waals surface area (Å²) >= 11 is 9.05. The Hall–Kier alpha value is -1.72. The Bertz CT molecular complexity index is 661. The summed E-state index contributed by atoms with van der Waals surface area (Å²) in [6.07, 6.45) is 0. The number of ether oxygens (including phenoxy) is 1. The Morgan fingerprint density at radius 2 is 2.05 bits per heavy atom. The van der Waals surface area contributed by atoms with Crippen LogP contribution in [0, 0.1) is 0 Å². The summed E-state index contributed by atoms with van der Waals surface area (Å²) in [6.45, 7) is 0. The van der Waals surface area contributed by atoms with E-state index in [1.165, 1.54) is 25.3 Å². The van der Waals surface area contributed by atoms with Gasteiger partial charge in [0.15, 0.2) is 0 Å². The number of nitrogens with one attached hydrogen (secondary N) is 1. The Balaban J connectivity index is 2.30. The minimum Gasteiger partial charge on any atom is -0.507 e. The predicted octanol–water partition coefficient (Wildman–Crippen LogP) is 4.07. The van der Waals surface area contributed by atoms with Crippen molar-refractivity contribution in [3.63, 3.8) is 0 Å². The van der Waals surface area contributed by atoms with Gasteiger partial charge in [-0.05, 0) is 36.4 Å². The number of amides is 1. The van der Waals surface area contributed by atoms with Gasteiger partial charge in [0.1, 0.15) is 11.5 Å². The SMILES string of the molecule is COc1ccc(Br)cc1NC(=O)c1ccc(Cl)cc1O. The van der Waals surface area contributed by atoms with Gasteiger partial charge >= 0.3 is 0 Å². The number of phenols is 1. The number of hydrogen-bond donors (Lipinski definition) is 2. The quantitative estimate of drug-likeness (QED) is 0.871. The van der Waals surface area contributed by atoms with Crippen molar-refractivity contribution in [3.8, 4) is 11.5 Å². The molecule has 1 amide bonds. The van der Waals surface area contributed by atoms with Crippen molar-refractivity contribution < 1.29 is 14.6 Å². The summed E-state index contributed by atoms with van der Waals surface area (Å²) in [4.78, 5) is 12.1. The van der Waals surface area contributed by atoms with Gasteiger partial charge in [-0.1, -0.05) is 27.5 Å². The van der Waals surface area contributed by atoms with E-state index in [9.17, 15) is 9.90 Å². The Labute approximate surface area is 129 Å². The number of rotatable bonds is 3. The summed E-state index contributed by atoms with van der Waals surface area (Å²) in [6, 6.07) is 9.54. The van der Waals surface area contributed by atoms with Gasteiger partial charge < -0.3 is 15.2 Å². The minimum absolute atomic E-state index is 0.136. The van der Waals surface area contributed by atoms with Crippen LogP contribution in [-0.4, -0.2) is 18.1 Å². The molecule has 104 valence electrons. The van der Waals surface area contributed by atoms with E-state index in [2.05, 4.69) is 21.2 Å². The largest absolute Gasteiger partial charge is 0.507 e. The van der Waals surface area contributed by atoms with Crippen LogP contribution in [0.3, 0.4) is 0 Å². The number of anilines is 1. The van der Waals surface area contributed by atoms with E-state index in [-0.39, 0.29) is 11.3 Å². The van der Waals surface area contributed by atoms with Crippen molar-refractivity contribution in [1.29, 1.82) is 0 Å². The van der Waals surface area contributed by atoms with E-state index in [0.717, 1.165) is 4.47 Å². The predicted molar refractivity (Wildman–Crippen MR) is 81.8 cm³/mol. The third-order valence-electron chi connectivity index (χ3n) is 2.61. The second kappa shape index (κ2) is 6.15. The molecule has 4 nitrogen and oxygen atoms in total. The highest BCUT2D eigenvalue weighted by Crippen LogP contribution is 2.29. The molecule has 2 rings (SSSR count). The third-order valence-corrected chi connectivity index (χ3v) is 3.34. The van der Waals surface area contributed by atoms with E-state index >= 15 is 0 Å². The topological polar surface area (TPSA) is 58.6 Å². The van der Waals surface area contributed by atoms with Gasteiger partial charge in [0, 0.05) is 9.50 Å². The van der Waals surface area contributed by atoms with E-state index in [0.29, 0.717) is 16.5 Å². The van der Waals surface area contributed by atoms with Gasteiger partial charge in [-0.2, -0.15) is 0 Å². The zero-order valence-electron chi connectivity index (χ0n) is 10.5. The van der Waals surface area contributed by atoms with Crippen LogP contribution in [-0.2, 0) is 0 Å². The molecule has 0 saturated heterocycles. The van der Waals surface area contributed by atoms with Gasteiger partial charge in [0.05, 0.1) is 18.4 Å². The molecule has 0 spiro atoms. The van der Waals surface area contributed by atoms with Crippen molar-refractivity contribution in [3.05, 3.63) is 51.5 Å². The number of phenolic OH excluding ortho intramolecular Hbond substituents is 1. The first kappa shape index (κ1) is 14.7. The molecular weight excluding hydrogens is 346 g/mol. The first-order valence-electron chi connectivity index (χ1n) is 5.64. The average molecular weight is 357 g/mol. The fourth-order valence-corrected chi connectivity index (χ4v) is 2.19. The summed E-state index contributed by atoms with van der Waals surface area (Å²) in [5.74, 6) is -0.102. The summed E-state index contributed by atoms with van der Waals surface area (Å²) in [7, 11) is 1.51. The molecule has 0 aromatic heterocycles. The second-order valence-electron chi connectivity index (χ2n) is 3.96. The molecule has 20 heavy (non-hydrogen) atoms. The highest BCUT2D eigenvalue weighted by molar-refractivity contribution is 9.10. The molecular formula is C14H11BrClNO3. The molecule has 0 radical (unpaired) electrons. The standard InChI is InChI=1S/C14H11BrClNO3/c1-20-13-5-2-8(15)6-11(13)17-14(19)10-4-3-9(16)7-12(10)18/h2-7,18H,1H3,(H,17,19). The normalized spacial score (nSPS) is 10.2. The van der Waals surface area contributed by atoms with Crippen LogP contribution in [0.4, 0.5) is 5.69 Å². The molecule has 0 aliphatic carbocycles. The molecule has 0 bridgehead atoms. The highest BCUT2D eigenvalue weighted by atomic mass is 79.9. The van der Waals surface area contributed by atoms with E-state index in [4.69, 9.17) is 16.3 Å². The first-order chi connectivity index (χ1) is 9.51. The maximum atomic E-state index is 12.1. The Morgan fingerprint density at radius 3 is 2.70 bits per heavy atom. The minimum atomic E-state index is -0.449. The molecule has 0 aliphatic heterocycles. The van der Waals surface area contributed by atoms with Gasteiger partial charge in [-0.15, -0.1) is 0 Å². The molecule has 0 unspecified atom stereocenters. The molecule has 2 aromatic rings. The van der Waals surface area contributed by atoms with E-state index in [1.807, 2.05) is 0 Å². The molecule has 0 atom stereocenters. The Morgan fingerprint density at radius 1 is 1.30 bits per heavy atom. The second-order valence-corrected chi connectivity index (χ2v) is 5.31. The number of benzene rings is 2. The fourth-order valence-electron chi connectivity index (χ4n) is 1.66. The zero-order chi connectivity index (χ0) is 14.7. The van der Waals surface area contributed by atoms with Crippen LogP contribution in [0.15, 0.2) is 40.9 Å². The fraction of sp³-hybridized carbons (Fsp3) is 0.0714. The third kappa shape index (κ3) is 3.23. The maximum Gasteiger partial charge on any atom is 0.259 e. The van der Waals surface area contributed by atoms with Crippen LogP contribution < -0.4 is 10.1 Å². The van der Waals surface area contributed by atoms with Crippen LogP contribution in [0.25, 0.3) is 0 Å². The van der Waals surface area contributed by atoms with E-state index < -0.39 is 5.91 Å². The van der Waals surface area contributed by atoms with Crippen molar-refractivity contribution in [2.75, 3.05) is 12.4 Å². The zero-order valence-corrected chi connectivity index (χ0v) is 12.8. The number of halogens is 2. The molecule has 0 fully saturated rings. The summed E-state index contributed by atoms with van der Waals surface area (Å²) in [5, 5.41) is 12.8. The number of methoxy groups -OCH3 is 1. The summed E-state index contributed by atoms with van der Waals surface area (Å²) in [5.41, 5.74) is 0.637. The molecule has 0 heterocycles. The van der Waals surface area contributed by atoms with Gasteiger partial charge in [-0.3, -0.25) is 4.79 Å². The monoisotopic (exact) mass is 355 g/mol. The lowest BCUT2D eigenvalue weighted by atomic mass is 10.2. The lowest BCUT2D eigenvalue weighted by molar-refractivity contribution is 0.102. The molecule has 0 aliphatic rings. The van der Waals surface area contributed by atoms with Crippen molar-refractivity contribution in [1.82, 2.24) is 0 Å². The van der Waals surface area contributed by atoms with Crippen LogP contribution in [0.2, 0.25) is 5.02 Å². The first-order valence-corrected chi connectivity index (χ1v) is 6.82.